The van der Waals surface area contributed by atoms with Crippen molar-refractivity contribution in [3.05, 3.63) is 0 Å². The van der Waals surface area contributed by atoms with E-state index >= 15 is 0 Å². The van der Waals surface area contributed by atoms with E-state index in [9.17, 15) is 0 Å². The van der Waals surface area contributed by atoms with Gasteiger partial charge in [0.05, 0.1) is 6.10 Å². The predicted molar refractivity (Wildman–Crippen MR) is 65.1 cm³/mol. The molecule has 1 aliphatic carbocycles. The second-order valence-corrected chi connectivity index (χ2v) is 5.19. The molecule has 0 bridgehead atoms. The van der Waals surface area contributed by atoms with Gasteiger partial charge < -0.3 is 10.1 Å². The molecular weight excluding hydrogens is 186 g/mol. The Morgan fingerprint density at radius 2 is 2.00 bits per heavy atom. The molecule has 0 aromatic carbocycles. The molecule has 1 atom stereocenters. The largest absolute Gasteiger partial charge is 0.377 e. The van der Waals surface area contributed by atoms with Gasteiger partial charge in [0.15, 0.2) is 0 Å². The van der Waals surface area contributed by atoms with Gasteiger partial charge in [0, 0.05) is 13.2 Å². The zero-order valence-corrected chi connectivity index (χ0v) is 10.6. The molecule has 0 heterocycles. The van der Waals surface area contributed by atoms with E-state index in [2.05, 4.69) is 26.1 Å². The second-order valence-electron chi connectivity index (χ2n) is 5.19. The lowest BCUT2D eigenvalue weighted by atomic mass is 10.2. The molecule has 0 aromatic heterocycles. The van der Waals surface area contributed by atoms with Gasteiger partial charge in [0.2, 0.25) is 0 Å². The molecule has 1 N–H and O–H groups in total. The number of hydrogen-bond acceptors (Lipinski definition) is 2. The molecular formula is C13H27NO. The van der Waals surface area contributed by atoms with Crippen LogP contribution in [0.25, 0.3) is 0 Å². The minimum atomic E-state index is 0.419. The first kappa shape index (κ1) is 13.0. The van der Waals surface area contributed by atoms with Crippen LogP contribution in [-0.4, -0.2) is 25.8 Å². The van der Waals surface area contributed by atoms with Gasteiger partial charge in [-0.25, -0.2) is 0 Å². The minimum absolute atomic E-state index is 0.419. The summed E-state index contributed by atoms with van der Waals surface area (Å²) in [5, 5.41) is 3.46. The van der Waals surface area contributed by atoms with Crippen molar-refractivity contribution in [1.29, 1.82) is 0 Å². The van der Waals surface area contributed by atoms with Crippen molar-refractivity contribution in [3.8, 4) is 0 Å². The highest BCUT2D eigenvalue weighted by Gasteiger charge is 2.21. The standard InChI is InChI=1S/C13H27NO/c1-4-13(10-14-9-11(2)3)15-8-7-12-5-6-12/h11-14H,4-10H2,1-3H3. The van der Waals surface area contributed by atoms with E-state index < -0.39 is 0 Å². The number of rotatable bonds is 9. The van der Waals surface area contributed by atoms with E-state index in [0.29, 0.717) is 6.10 Å². The lowest BCUT2D eigenvalue weighted by Crippen LogP contribution is -2.31. The first-order valence-electron chi connectivity index (χ1n) is 6.54. The molecule has 1 aliphatic rings. The van der Waals surface area contributed by atoms with E-state index in [4.69, 9.17) is 4.74 Å². The Kier molecular flexibility index (Phi) is 6.26. The van der Waals surface area contributed by atoms with Crippen molar-refractivity contribution in [2.24, 2.45) is 11.8 Å². The Hall–Kier alpha value is -0.0800. The van der Waals surface area contributed by atoms with Crippen LogP contribution >= 0.6 is 0 Å². The monoisotopic (exact) mass is 213 g/mol. The van der Waals surface area contributed by atoms with Crippen molar-refractivity contribution in [2.45, 2.75) is 52.6 Å². The molecule has 0 aromatic rings. The summed E-state index contributed by atoms with van der Waals surface area (Å²) in [6.07, 6.45) is 5.69. The summed E-state index contributed by atoms with van der Waals surface area (Å²) in [6, 6.07) is 0. The van der Waals surface area contributed by atoms with E-state index in [1.165, 1.54) is 19.3 Å². The van der Waals surface area contributed by atoms with Crippen molar-refractivity contribution < 1.29 is 4.74 Å². The third-order valence-electron chi connectivity index (χ3n) is 2.96. The smallest absolute Gasteiger partial charge is 0.0696 e. The van der Waals surface area contributed by atoms with Gasteiger partial charge >= 0.3 is 0 Å². The maximum atomic E-state index is 5.86. The third-order valence-corrected chi connectivity index (χ3v) is 2.96. The Labute approximate surface area is 94.8 Å². The fourth-order valence-corrected chi connectivity index (χ4v) is 1.66. The first-order valence-corrected chi connectivity index (χ1v) is 6.54. The second kappa shape index (κ2) is 7.24. The third kappa shape index (κ3) is 6.91. The summed E-state index contributed by atoms with van der Waals surface area (Å²) >= 11 is 0. The maximum absolute atomic E-state index is 5.86. The van der Waals surface area contributed by atoms with Gasteiger partial charge in [-0.05, 0) is 31.2 Å². The van der Waals surface area contributed by atoms with Crippen molar-refractivity contribution >= 4 is 0 Å². The molecule has 2 heteroatoms. The molecule has 15 heavy (non-hydrogen) atoms. The van der Waals surface area contributed by atoms with Gasteiger partial charge in [-0.1, -0.05) is 33.6 Å². The van der Waals surface area contributed by atoms with Crippen LogP contribution in [0.1, 0.15) is 46.5 Å². The lowest BCUT2D eigenvalue weighted by molar-refractivity contribution is 0.0466. The molecule has 1 rings (SSSR count). The van der Waals surface area contributed by atoms with Crippen molar-refractivity contribution in [3.63, 3.8) is 0 Å². The normalized spacial score (nSPS) is 18.4. The molecule has 1 saturated carbocycles. The molecule has 0 amide bonds. The average molecular weight is 213 g/mol. The molecule has 0 aliphatic heterocycles. The molecule has 0 saturated heterocycles. The topological polar surface area (TPSA) is 21.3 Å². The van der Waals surface area contributed by atoms with Crippen LogP contribution in [-0.2, 0) is 4.74 Å². The lowest BCUT2D eigenvalue weighted by Gasteiger charge is -2.17. The van der Waals surface area contributed by atoms with E-state index in [1.807, 2.05) is 0 Å². The molecule has 2 nitrogen and oxygen atoms in total. The highest BCUT2D eigenvalue weighted by Crippen LogP contribution is 2.32. The molecule has 1 fully saturated rings. The van der Waals surface area contributed by atoms with Crippen LogP contribution in [0.3, 0.4) is 0 Å². The highest BCUT2D eigenvalue weighted by atomic mass is 16.5. The van der Waals surface area contributed by atoms with Crippen molar-refractivity contribution in [1.82, 2.24) is 5.32 Å². The Morgan fingerprint density at radius 3 is 2.53 bits per heavy atom. The van der Waals surface area contributed by atoms with Crippen LogP contribution in [0.2, 0.25) is 0 Å². The Balaban J connectivity index is 1.95. The SMILES string of the molecule is CCC(CNCC(C)C)OCCC1CC1. The fourth-order valence-electron chi connectivity index (χ4n) is 1.66. The quantitative estimate of drug-likeness (QED) is 0.636. The van der Waals surface area contributed by atoms with E-state index in [1.54, 1.807) is 0 Å². The van der Waals surface area contributed by atoms with E-state index in [-0.39, 0.29) is 0 Å². The van der Waals surface area contributed by atoms with Gasteiger partial charge in [0.25, 0.3) is 0 Å². The number of ether oxygens (including phenoxy) is 1. The van der Waals surface area contributed by atoms with Gasteiger partial charge in [-0.3, -0.25) is 0 Å². The van der Waals surface area contributed by atoms with E-state index in [0.717, 1.165) is 38.0 Å². The van der Waals surface area contributed by atoms with Gasteiger partial charge in [-0.2, -0.15) is 0 Å². The fraction of sp³-hybridized carbons (Fsp3) is 1.00. The van der Waals surface area contributed by atoms with Crippen LogP contribution in [0.5, 0.6) is 0 Å². The Bertz CT molecular complexity index is 147. The Morgan fingerprint density at radius 1 is 1.27 bits per heavy atom. The van der Waals surface area contributed by atoms with Gasteiger partial charge in [-0.15, -0.1) is 0 Å². The molecule has 0 spiro atoms. The maximum Gasteiger partial charge on any atom is 0.0696 e. The summed E-state index contributed by atoms with van der Waals surface area (Å²) in [5.41, 5.74) is 0. The number of hydrogen-bond donors (Lipinski definition) is 1. The summed E-state index contributed by atoms with van der Waals surface area (Å²) in [6.45, 7) is 9.76. The zero-order chi connectivity index (χ0) is 11.1. The van der Waals surface area contributed by atoms with Crippen LogP contribution < -0.4 is 5.32 Å². The first-order chi connectivity index (χ1) is 7.22. The summed E-state index contributed by atoms with van der Waals surface area (Å²) < 4.78 is 5.86. The average Bonchev–Trinajstić information content (AvgIpc) is 2.99. The van der Waals surface area contributed by atoms with Crippen molar-refractivity contribution in [2.75, 3.05) is 19.7 Å². The minimum Gasteiger partial charge on any atom is -0.377 e. The summed E-state index contributed by atoms with van der Waals surface area (Å²) in [5.74, 6) is 1.72. The zero-order valence-electron chi connectivity index (χ0n) is 10.6. The highest BCUT2D eigenvalue weighted by molar-refractivity contribution is 4.72. The molecule has 0 radical (unpaired) electrons. The molecule has 1 unspecified atom stereocenters. The van der Waals surface area contributed by atoms with Crippen LogP contribution in [0.15, 0.2) is 0 Å². The number of nitrogens with one attached hydrogen (secondary N) is 1. The molecule has 90 valence electrons. The predicted octanol–water partition coefficient (Wildman–Crippen LogP) is 2.83. The van der Waals surface area contributed by atoms with Crippen LogP contribution in [0, 0.1) is 11.8 Å². The summed E-state index contributed by atoms with van der Waals surface area (Å²) in [4.78, 5) is 0. The van der Waals surface area contributed by atoms with Gasteiger partial charge in [0.1, 0.15) is 0 Å². The van der Waals surface area contributed by atoms with Crippen LogP contribution in [0.4, 0.5) is 0 Å². The summed E-state index contributed by atoms with van der Waals surface area (Å²) in [7, 11) is 0.